The van der Waals surface area contributed by atoms with Gasteiger partial charge in [-0.1, -0.05) is 6.92 Å². The van der Waals surface area contributed by atoms with Crippen molar-refractivity contribution in [3.63, 3.8) is 0 Å². The molecule has 1 aromatic heterocycles. The molecule has 0 spiro atoms. The van der Waals surface area contributed by atoms with E-state index in [0.29, 0.717) is 11.5 Å². The van der Waals surface area contributed by atoms with Gasteiger partial charge in [-0.05, 0) is 6.92 Å². The standard InChI is InChI=1S/C11H19N3O3S2/c1-5-13-10-9(19(16,17)6-2)7(12)8(18-10)11(15)14(3)4/h13H,5-6,12H2,1-4H3. The fourth-order valence-electron chi connectivity index (χ4n) is 1.52. The zero-order valence-corrected chi connectivity index (χ0v) is 13.1. The van der Waals surface area contributed by atoms with Crippen molar-refractivity contribution >= 4 is 37.8 Å². The van der Waals surface area contributed by atoms with Crippen LogP contribution in [0.5, 0.6) is 0 Å². The molecule has 0 aromatic carbocycles. The molecule has 19 heavy (non-hydrogen) atoms. The lowest BCUT2D eigenvalue weighted by Crippen LogP contribution is -2.21. The molecule has 0 bridgehead atoms. The van der Waals surface area contributed by atoms with E-state index in [2.05, 4.69) is 5.32 Å². The van der Waals surface area contributed by atoms with E-state index in [1.54, 1.807) is 21.0 Å². The number of anilines is 2. The second-order valence-electron chi connectivity index (χ2n) is 4.14. The fourth-order valence-corrected chi connectivity index (χ4v) is 4.28. The van der Waals surface area contributed by atoms with Crippen molar-refractivity contribution in [3.05, 3.63) is 4.88 Å². The number of thiophene rings is 1. The van der Waals surface area contributed by atoms with E-state index >= 15 is 0 Å². The number of carbonyl (C=O) groups excluding carboxylic acids is 1. The van der Waals surface area contributed by atoms with Crippen molar-refractivity contribution in [2.75, 3.05) is 37.4 Å². The predicted molar refractivity (Wildman–Crippen MR) is 78.6 cm³/mol. The third kappa shape index (κ3) is 3.01. The van der Waals surface area contributed by atoms with E-state index in [1.165, 1.54) is 4.90 Å². The fraction of sp³-hybridized carbons (Fsp3) is 0.545. The van der Waals surface area contributed by atoms with Gasteiger partial charge in [0.2, 0.25) is 0 Å². The maximum atomic E-state index is 12.1. The molecule has 0 unspecified atom stereocenters. The lowest BCUT2D eigenvalue weighted by Gasteiger charge is -2.09. The molecule has 6 nitrogen and oxygen atoms in total. The summed E-state index contributed by atoms with van der Waals surface area (Å²) in [5, 5.41) is 3.40. The number of hydrogen-bond acceptors (Lipinski definition) is 6. The SMILES string of the molecule is CCNc1sc(C(=O)N(C)C)c(N)c1S(=O)(=O)CC. The molecule has 0 aliphatic heterocycles. The number of nitrogens with zero attached hydrogens (tertiary/aromatic N) is 1. The Hall–Kier alpha value is -1.28. The highest BCUT2D eigenvalue weighted by Crippen LogP contribution is 2.40. The van der Waals surface area contributed by atoms with Gasteiger partial charge in [0.25, 0.3) is 5.91 Å². The number of rotatable bonds is 5. The van der Waals surface area contributed by atoms with Crippen molar-refractivity contribution in [1.82, 2.24) is 4.90 Å². The predicted octanol–water partition coefficient (Wildman–Crippen LogP) is 1.26. The van der Waals surface area contributed by atoms with Crippen molar-refractivity contribution in [2.45, 2.75) is 18.7 Å². The molecule has 3 N–H and O–H groups in total. The van der Waals surface area contributed by atoms with Crippen LogP contribution in [0.25, 0.3) is 0 Å². The van der Waals surface area contributed by atoms with Crippen molar-refractivity contribution in [3.8, 4) is 0 Å². The number of sulfone groups is 1. The van der Waals surface area contributed by atoms with Gasteiger partial charge >= 0.3 is 0 Å². The Morgan fingerprint density at radius 3 is 2.37 bits per heavy atom. The largest absolute Gasteiger partial charge is 0.396 e. The van der Waals surface area contributed by atoms with Crippen LogP contribution in [0.3, 0.4) is 0 Å². The number of nitrogens with two attached hydrogens (primary N) is 1. The lowest BCUT2D eigenvalue weighted by molar-refractivity contribution is 0.0833. The Morgan fingerprint density at radius 1 is 1.37 bits per heavy atom. The number of hydrogen-bond donors (Lipinski definition) is 2. The molecule has 8 heteroatoms. The van der Waals surface area contributed by atoms with E-state index in [9.17, 15) is 13.2 Å². The van der Waals surface area contributed by atoms with Crippen molar-refractivity contribution in [1.29, 1.82) is 0 Å². The summed E-state index contributed by atoms with van der Waals surface area (Å²) in [7, 11) is -0.269. The minimum absolute atomic E-state index is 0.0431. The second-order valence-corrected chi connectivity index (χ2v) is 7.37. The summed E-state index contributed by atoms with van der Waals surface area (Å²) in [4.78, 5) is 13.7. The summed E-state index contributed by atoms with van der Waals surface area (Å²) < 4.78 is 24.2. The number of amides is 1. The van der Waals surface area contributed by atoms with E-state index in [4.69, 9.17) is 5.73 Å². The first-order valence-electron chi connectivity index (χ1n) is 5.86. The monoisotopic (exact) mass is 305 g/mol. The minimum atomic E-state index is -3.47. The third-order valence-electron chi connectivity index (χ3n) is 2.53. The normalized spacial score (nSPS) is 11.4. The zero-order valence-electron chi connectivity index (χ0n) is 11.5. The van der Waals surface area contributed by atoms with Crippen LogP contribution >= 0.6 is 11.3 Å². The summed E-state index contributed by atoms with van der Waals surface area (Å²) in [6.07, 6.45) is 0. The quantitative estimate of drug-likeness (QED) is 0.854. The highest BCUT2D eigenvalue weighted by atomic mass is 32.2. The molecule has 1 heterocycles. The smallest absolute Gasteiger partial charge is 0.265 e. The minimum Gasteiger partial charge on any atom is -0.396 e. The van der Waals surface area contributed by atoms with Gasteiger partial charge in [0, 0.05) is 20.6 Å². The van der Waals surface area contributed by atoms with Crippen LogP contribution in [0.4, 0.5) is 10.7 Å². The van der Waals surface area contributed by atoms with Gasteiger partial charge in [0.05, 0.1) is 11.4 Å². The zero-order chi connectivity index (χ0) is 14.8. The first kappa shape index (κ1) is 15.8. The summed E-state index contributed by atoms with van der Waals surface area (Å²) in [5.41, 5.74) is 5.92. The Kier molecular flexibility index (Phi) is 4.81. The molecule has 0 saturated heterocycles. The van der Waals surface area contributed by atoms with Gasteiger partial charge in [-0.15, -0.1) is 11.3 Å². The second kappa shape index (κ2) is 5.79. The Labute approximate surface area is 117 Å². The van der Waals surface area contributed by atoms with Crippen LogP contribution in [0.15, 0.2) is 4.90 Å². The Morgan fingerprint density at radius 2 is 1.95 bits per heavy atom. The van der Waals surface area contributed by atoms with Crippen LogP contribution in [0, 0.1) is 0 Å². The van der Waals surface area contributed by atoms with Gasteiger partial charge in [0.15, 0.2) is 9.84 Å². The molecule has 0 radical (unpaired) electrons. The first-order chi connectivity index (χ1) is 8.76. The highest BCUT2D eigenvalue weighted by Gasteiger charge is 2.28. The van der Waals surface area contributed by atoms with Gasteiger partial charge < -0.3 is 16.0 Å². The highest BCUT2D eigenvalue weighted by molar-refractivity contribution is 7.91. The molecule has 1 amide bonds. The maximum Gasteiger partial charge on any atom is 0.265 e. The number of nitrogens with one attached hydrogen (secondary N) is 1. The third-order valence-corrected chi connectivity index (χ3v) is 5.61. The Balaban J connectivity index is 3.50. The molecule has 0 fully saturated rings. The van der Waals surface area contributed by atoms with Crippen molar-refractivity contribution in [2.24, 2.45) is 0 Å². The van der Waals surface area contributed by atoms with Crippen molar-refractivity contribution < 1.29 is 13.2 Å². The van der Waals surface area contributed by atoms with E-state index in [0.717, 1.165) is 11.3 Å². The maximum absolute atomic E-state index is 12.1. The summed E-state index contributed by atoms with van der Waals surface area (Å²) in [6, 6.07) is 0. The molecular weight excluding hydrogens is 286 g/mol. The molecule has 108 valence electrons. The van der Waals surface area contributed by atoms with E-state index < -0.39 is 9.84 Å². The number of nitrogen functional groups attached to an aromatic ring is 1. The lowest BCUT2D eigenvalue weighted by atomic mass is 10.3. The summed E-state index contributed by atoms with van der Waals surface area (Å²) in [5.74, 6) is -0.346. The summed E-state index contributed by atoms with van der Waals surface area (Å²) >= 11 is 1.08. The molecule has 0 saturated carbocycles. The van der Waals surface area contributed by atoms with Crippen LogP contribution < -0.4 is 11.1 Å². The van der Waals surface area contributed by atoms with Gasteiger partial charge in [-0.25, -0.2) is 8.42 Å². The molecule has 1 rings (SSSR count). The average Bonchev–Trinajstić information content (AvgIpc) is 2.66. The summed E-state index contributed by atoms with van der Waals surface area (Å²) in [6.45, 7) is 3.96. The molecular formula is C11H19N3O3S2. The van der Waals surface area contributed by atoms with Crippen LogP contribution in [-0.2, 0) is 9.84 Å². The van der Waals surface area contributed by atoms with Crippen LogP contribution in [-0.4, -0.2) is 45.6 Å². The van der Waals surface area contributed by atoms with Gasteiger partial charge in [0.1, 0.15) is 14.8 Å². The first-order valence-corrected chi connectivity index (χ1v) is 8.33. The van der Waals surface area contributed by atoms with Gasteiger partial charge in [-0.2, -0.15) is 0 Å². The molecule has 0 atom stereocenters. The topological polar surface area (TPSA) is 92.5 Å². The van der Waals surface area contributed by atoms with Crippen LogP contribution in [0.1, 0.15) is 23.5 Å². The average molecular weight is 305 g/mol. The van der Waals surface area contributed by atoms with E-state index in [1.807, 2.05) is 6.92 Å². The van der Waals surface area contributed by atoms with E-state index in [-0.39, 0.29) is 27.1 Å². The van der Waals surface area contributed by atoms with Gasteiger partial charge in [-0.3, -0.25) is 4.79 Å². The van der Waals surface area contributed by atoms with Crippen LogP contribution in [0.2, 0.25) is 0 Å². The Bertz CT molecular complexity index is 576. The molecule has 0 aliphatic rings. The number of carbonyl (C=O) groups is 1. The molecule has 0 aliphatic carbocycles. The molecule has 1 aromatic rings.